The fraction of sp³-hybridized carbons (Fsp3) is 0.241. The normalized spacial score (nSPS) is 15.3. The van der Waals surface area contributed by atoms with Crippen LogP contribution in [0.2, 0.25) is 10.0 Å². The van der Waals surface area contributed by atoms with Crippen LogP contribution in [-0.2, 0) is 25.7 Å². The number of hydrogen-bond donors (Lipinski definition) is 3. The highest BCUT2D eigenvalue weighted by atomic mass is 35.5. The van der Waals surface area contributed by atoms with Crippen LogP contribution in [0.5, 0.6) is 0 Å². The Bertz CT molecular complexity index is 1380. The number of nitrogens with one attached hydrogen (secondary N) is 3. The topological polar surface area (TPSA) is 117 Å². The van der Waals surface area contributed by atoms with Crippen molar-refractivity contribution in [1.29, 1.82) is 0 Å². The summed E-state index contributed by atoms with van der Waals surface area (Å²) >= 11 is 12.3. The van der Waals surface area contributed by atoms with Crippen LogP contribution >= 0.6 is 23.2 Å². The first-order valence-electron chi connectivity index (χ1n) is 12.5. The van der Waals surface area contributed by atoms with Gasteiger partial charge in [0, 0.05) is 40.9 Å². The molecule has 0 bridgehead atoms. The van der Waals surface area contributed by atoms with Gasteiger partial charge in [-0.2, -0.15) is 0 Å². The highest BCUT2D eigenvalue weighted by Gasteiger charge is 2.36. The molecule has 9 nitrogen and oxygen atoms in total. The minimum atomic E-state index is -0.748. The molecule has 0 aromatic heterocycles. The fourth-order valence-electron chi connectivity index (χ4n) is 4.41. The van der Waals surface area contributed by atoms with E-state index in [9.17, 15) is 19.2 Å². The fourth-order valence-corrected chi connectivity index (χ4v) is 4.95. The molecule has 1 aliphatic rings. The van der Waals surface area contributed by atoms with Gasteiger partial charge in [0.2, 0.25) is 11.8 Å². The van der Waals surface area contributed by atoms with E-state index in [4.69, 9.17) is 27.9 Å². The van der Waals surface area contributed by atoms with Crippen LogP contribution in [-0.4, -0.2) is 37.5 Å². The molecule has 3 aromatic rings. The highest BCUT2D eigenvalue weighted by Crippen LogP contribution is 2.30. The van der Waals surface area contributed by atoms with Gasteiger partial charge in [0.05, 0.1) is 25.5 Å². The van der Waals surface area contributed by atoms with Crippen molar-refractivity contribution in [3.05, 3.63) is 94.0 Å². The smallest absolute Gasteiger partial charge is 0.319 e. The molecule has 208 valence electrons. The third-order valence-corrected chi connectivity index (χ3v) is 6.85. The van der Waals surface area contributed by atoms with Crippen LogP contribution in [0, 0.1) is 5.92 Å². The molecule has 2 atom stereocenters. The zero-order chi connectivity index (χ0) is 28.6. The summed E-state index contributed by atoms with van der Waals surface area (Å²) in [6.45, 7) is 0.502. The van der Waals surface area contributed by atoms with E-state index < -0.39 is 23.8 Å². The summed E-state index contributed by atoms with van der Waals surface area (Å²) in [4.78, 5) is 52.0. The number of carbonyl (C=O) groups excluding carboxylic acids is 4. The second-order valence-corrected chi connectivity index (χ2v) is 10.2. The molecule has 0 radical (unpaired) electrons. The van der Waals surface area contributed by atoms with E-state index in [2.05, 4.69) is 16.0 Å². The number of urea groups is 1. The van der Waals surface area contributed by atoms with Gasteiger partial charge in [-0.15, -0.1) is 0 Å². The lowest BCUT2D eigenvalue weighted by molar-refractivity contribution is -0.141. The van der Waals surface area contributed by atoms with Gasteiger partial charge in [-0.25, -0.2) is 4.79 Å². The van der Waals surface area contributed by atoms with E-state index in [1.807, 2.05) is 30.3 Å². The van der Waals surface area contributed by atoms with E-state index in [0.717, 1.165) is 5.56 Å². The third-order valence-electron chi connectivity index (χ3n) is 6.41. The SMILES string of the molecule is COC(=O)CC(NC(=O)C1CC(=O)N(c2cccc(NC(=O)NCc3ccccc3)c2)C1)c1cc(Cl)cc(Cl)c1. The number of halogens is 2. The van der Waals surface area contributed by atoms with Crippen LogP contribution in [0.15, 0.2) is 72.8 Å². The van der Waals surface area contributed by atoms with E-state index in [1.54, 1.807) is 42.5 Å². The van der Waals surface area contributed by atoms with Crippen molar-refractivity contribution in [2.24, 2.45) is 5.92 Å². The first-order valence-corrected chi connectivity index (χ1v) is 13.3. The average Bonchev–Trinajstić information content (AvgIpc) is 3.33. The Morgan fingerprint density at radius 2 is 1.73 bits per heavy atom. The van der Waals surface area contributed by atoms with Gasteiger partial charge >= 0.3 is 12.0 Å². The van der Waals surface area contributed by atoms with Gasteiger partial charge < -0.3 is 25.6 Å². The molecule has 4 rings (SSSR count). The van der Waals surface area contributed by atoms with Gasteiger partial charge in [-0.05, 0) is 47.5 Å². The lowest BCUT2D eigenvalue weighted by Gasteiger charge is -2.21. The molecule has 2 unspecified atom stereocenters. The molecule has 4 amide bonds. The van der Waals surface area contributed by atoms with Crippen molar-refractivity contribution >= 4 is 58.4 Å². The van der Waals surface area contributed by atoms with Gasteiger partial charge in [-0.1, -0.05) is 59.6 Å². The molecule has 40 heavy (non-hydrogen) atoms. The Morgan fingerprint density at radius 3 is 2.42 bits per heavy atom. The maximum absolute atomic E-state index is 13.2. The van der Waals surface area contributed by atoms with E-state index >= 15 is 0 Å². The molecule has 1 saturated heterocycles. The van der Waals surface area contributed by atoms with Crippen molar-refractivity contribution < 1.29 is 23.9 Å². The summed E-state index contributed by atoms with van der Waals surface area (Å²) in [5, 5.41) is 9.13. The van der Waals surface area contributed by atoms with E-state index in [1.165, 1.54) is 12.0 Å². The Hall–Kier alpha value is -4.08. The summed E-state index contributed by atoms with van der Waals surface area (Å²) in [7, 11) is 1.26. The van der Waals surface area contributed by atoms with E-state index in [-0.39, 0.29) is 31.3 Å². The molecular weight excluding hydrogens is 555 g/mol. The minimum absolute atomic E-state index is 0.0116. The van der Waals surface area contributed by atoms with E-state index in [0.29, 0.717) is 33.5 Å². The molecule has 1 aliphatic heterocycles. The van der Waals surface area contributed by atoms with Crippen LogP contribution < -0.4 is 20.9 Å². The Morgan fingerprint density at radius 1 is 1.00 bits per heavy atom. The van der Waals surface area contributed by atoms with Crippen molar-refractivity contribution in [2.75, 3.05) is 23.9 Å². The first kappa shape index (κ1) is 28.9. The van der Waals surface area contributed by atoms with Crippen LogP contribution in [0.3, 0.4) is 0 Å². The third kappa shape index (κ3) is 7.74. The maximum Gasteiger partial charge on any atom is 0.319 e. The van der Waals surface area contributed by atoms with Crippen LogP contribution in [0.1, 0.15) is 30.0 Å². The lowest BCUT2D eigenvalue weighted by atomic mass is 10.0. The molecule has 3 aromatic carbocycles. The Balaban J connectivity index is 1.40. The zero-order valence-electron chi connectivity index (χ0n) is 21.7. The molecular formula is C29H28Cl2N4O5. The van der Waals surface area contributed by atoms with Crippen LogP contribution in [0.25, 0.3) is 0 Å². The number of methoxy groups -OCH3 is 1. The molecule has 0 saturated carbocycles. The zero-order valence-corrected chi connectivity index (χ0v) is 23.2. The molecule has 1 heterocycles. The number of carbonyl (C=O) groups is 4. The predicted molar refractivity (Wildman–Crippen MR) is 153 cm³/mol. The Labute approximate surface area is 241 Å². The average molecular weight is 583 g/mol. The van der Waals surface area contributed by atoms with Gasteiger partial charge in [-0.3, -0.25) is 14.4 Å². The minimum Gasteiger partial charge on any atom is -0.469 e. The number of rotatable bonds is 9. The van der Waals surface area contributed by atoms with Gasteiger partial charge in [0.1, 0.15) is 0 Å². The summed E-state index contributed by atoms with van der Waals surface area (Å²) < 4.78 is 4.79. The lowest BCUT2D eigenvalue weighted by Crippen LogP contribution is -2.36. The predicted octanol–water partition coefficient (Wildman–Crippen LogP) is 5.09. The largest absolute Gasteiger partial charge is 0.469 e. The first-order chi connectivity index (χ1) is 19.2. The van der Waals surface area contributed by atoms with Crippen LogP contribution in [0.4, 0.5) is 16.2 Å². The van der Waals surface area contributed by atoms with Gasteiger partial charge in [0.15, 0.2) is 0 Å². The molecule has 1 fully saturated rings. The quantitative estimate of drug-likeness (QED) is 0.304. The van der Waals surface area contributed by atoms with Gasteiger partial charge in [0.25, 0.3) is 0 Å². The standard InChI is InChI=1S/C29H28Cl2N4O5/c1-40-27(37)15-25(19-10-21(30)13-22(31)11-19)34-28(38)20-12-26(36)35(17-20)24-9-5-8-23(14-24)33-29(39)32-16-18-6-3-2-4-7-18/h2-11,13-14,20,25H,12,15-17H2,1H3,(H,34,38)(H2,32,33,39). The summed E-state index contributed by atoms with van der Waals surface area (Å²) in [5.41, 5.74) is 2.56. The van der Waals surface area contributed by atoms with Crippen molar-refractivity contribution in [1.82, 2.24) is 10.6 Å². The number of benzene rings is 3. The van der Waals surface area contributed by atoms with Crippen molar-refractivity contribution in [3.8, 4) is 0 Å². The molecule has 3 N–H and O–H groups in total. The summed E-state index contributed by atoms with van der Waals surface area (Å²) in [6.07, 6.45) is -0.147. The highest BCUT2D eigenvalue weighted by molar-refractivity contribution is 6.34. The summed E-state index contributed by atoms with van der Waals surface area (Å²) in [5.74, 6) is -1.81. The number of ether oxygens (including phenoxy) is 1. The molecule has 11 heteroatoms. The van der Waals surface area contributed by atoms with Crippen molar-refractivity contribution in [3.63, 3.8) is 0 Å². The molecule has 0 aliphatic carbocycles. The Kier molecular flexibility index (Phi) is 9.63. The maximum atomic E-state index is 13.2. The second kappa shape index (κ2) is 13.3. The number of nitrogens with zero attached hydrogens (tertiary/aromatic N) is 1. The number of hydrogen-bond acceptors (Lipinski definition) is 5. The monoisotopic (exact) mass is 582 g/mol. The van der Waals surface area contributed by atoms with Crippen molar-refractivity contribution in [2.45, 2.75) is 25.4 Å². The number of amides is 4. The number of esters is 1. The molecule has 0 spiro atoms. The summed E-state index contributed by atoms with van der Waals surface area (Å²) in [6, 6.07) is 20.0. The number of anilines is 2. The second-order valence-electron chi connectivity index (χ2n) is 9.29.